The van der Waals surface area contributed by atoms with Crippen LogP contribution in [0.2, 0.25) is 0 Å². The predicted molar refractivity (Wildman–Crippen MR) is 138 cm³/mol. The number of rotatable bonds is 9. The highest BCUT2D eigenvalue weighted by Crippen LogP contribution is 2.28. The predicted octanol–water partition coefficient (Wildman–Crippen LogP) is 4.80. The van der Waals surface area contributed by atoms with Crippen LogP contribution >= 0.6 is 11.8 Å². The van der Waals surface area contributed by atoms with Crippen molar-refractivity contribution < 1.29 is 4.74 Å². The molecule has 1 atom stereocenters. The van der Waals surface area contributed by atoms with Crippen molar-refractivity contribution in [2.24, 2.45) is 0 Å². The Hall–Kier alpha value is -2.94. The number of ether oxygens (including phenoxy) is 1. The molecule has 34 heavy (non-hydrogen) atoms. The van der Waals surface area contributed by atoms with Crippen LogP contribution in [0.3, 0.4) is 0 Å². The van der Waals surface area contributed by atoms with E-state index in [9.17, 15) is 0 Å². The molecule has 0 bridgehead atoms. The third kappa shape index (κ3) is 5.58. The van der Waals surface area contributed by atoms with Gasteiger partial charge in [-0.05, 0) is 17.7 Å². The topological polar surface area (TPSA) is 68.1 Å². The molecule has 1 fully saturated rings. The van der Waals surface area contributed by atoms with Crippen LogP contribution in [0.5, 0.6) is 0 Å². The van der Waals surface area contributed by atoms with Crippen molar-refractivity contribution >= 4 is 34.3 Å². The Morgan fingerprint density at radius 3 is 2.50 bits per heavy atom. The van der Waals surface area contributed by atoms with E-state index in [0.717, 1.165) is 72.8 Å². The van der Waals surface area contributed by atoms with Crippen LogP contribution in [-0.4, -0.2) is 63.2 Å². The van der Waals surface area contributed by atoms with Gasteiger partial charge in [-0.3, -0.25) is 4.90 Å². The van der Waals surface area contributed by atoms with Crippen molar-refractivity contribution in [2.75, 3.05) is 43.9 Å². The van der Waals surface area contributed by atoms with Crippen molar-refractivity contribution in [3.05, 3.63) is 72.4 Å². The number of thioether (sulfide) groups is 1. The van der Waals surface area contributed by atoms with E-state index < -0.39 is 0 Å². The highest BCUT2D eigenvalue weighted by Gasteiger charge is 2.17. The summed E-state index contributed by atoms with van der Waals surface area (Å²) in [5.74, 6) is 2.05. The average Bonchev–Trinajstić information content (AvgIpc) is 3.28. The van der Waals surface area contributed by atoms with Crippen molar-refractivity contribution in [1.82, 2.24) is 24.6 Å². The highest BCUT2D eigenvalue weighted by molar-refractivity contribution is 7.99. The Balaban J connectivity index is 1.40. The summed E-state index contributed by atoms with van der Waals surface area (Å²) >= 11 is 1.70. The molecule has 1 saturated heterocycles. The van der Waals surface area contributed by atoms with Gasteiger partial charge < -0.3 is 10.1 Å². The first-order valence-electron chi connectivity index (χ1n) is 11.8. The van der Waals surface area contributed by atoms with E-state index in [-0.39, 0.29) is 0 Å². The Kier molecular flexibility index (Phi) is 7.38. The molecule has 1 aliphatic heterocycles. The van der Waals surface area contributed by atoms with Crippen LogP contribution in [0.1, 0.15) is 18.4 Å². The van der Waals surface area contributed by atoms with Gasteiger partial charge in [0.05, 0.1) is 24.8 Å². The first kappa shape index (κ1) is 22.8. The molecule has 0 saturated carbocycles. The summed E-state index contributed by atoms with van der Waals surface area (Å²) in [5, 5.41) is 9.89. The van der Waals surface area contributed by atoms with Crippen molar-refractivity contribution in [1.29, 1.82) is 0 Å². The number of morpholine rings is 1. The maximum Gasteiger partial charge on any atom is 0.191 e. The van der Waals surface area contributed by atoms with Gasteiger partial charge in [-0.1, -0.05) is 67.2 Å². The summed E-state index contributed by atoms with van der Waals surface area (Å²) in [6.45, 7) is 7.60. The zero-order chi connectivity index (χ0) is 23.2. The Bertz CT molecular complexity index is 1190. The molecule has 176 valence electrons. The summed E-state index contributed by atoms with van der Waals surface area (Å²) in [6, 6.07) is 20.7. The van der Waals surface area contributed by atoms with Gasteiger partial charge in [-0.2, -0.15) is 5.10 Å². The number of aromatic nitrogens is 4. The first-order chi connectivity index (χ1) is 16.8. The van der Waals surface area contributed by atoms with Crippen LogP contribution < -0.4 is 5.32 Å². The SMILES string of the molecule is CC(Cn1ncc2c(Nc3ccccc3)nc(SCCN3CCOCC3)nc21)c1ccccc1. The molecule has 1 aliphatic rings. The lowest BCUT2D eigenvalue weighted by Crippen LogP contribution is -2.37. The number of nitrogens with one attached hydrogen (secondary N) is 1. The fraction of sp³-hybridized carbons (Fsp3) is 0.346. The molecule has 0 radical (unpaired) electrons. The molecule has 1 unspecified atom stereocenters. The molecule has 0 amide bonds. The molecule has 4 aromatic rings. The van der Waals surface area contributed by atoms with Crippen LogP contribution in [0, 0.1) is 0 Å². The third-order valence-corrected chi connectivity index (χ3v) is 6.90. The fourth-order valence-electron chi connectivity index (χ4n) is 4.12. The van der Waals surface area contributed by atoms with E-state index >= 15 is 0 Å². The van der Waals surface area contributed by atoms with Gasteiger partial charge in [-0.15, -0.1) is 0 Å². The van der Waals surface area contributed by atoms with Crippen molar-refractivity contribution in [3.63, 3.8) is 0 Å². The molecule has 2 aromatic carbocycles. The Labute approximate surface area is 204 Å². The van der Waals surface area contributed by atoms with Crippen LogP contribution in [-0.2, 0) is 11.3 Å². The van der Waals surface area contributed by atoms with E-state index in [1.54, 1.807) is 11.8 Å². The lowest BCUT2D eigenvalue weighted by molar-refractivity contribution is 0.0410. The highest BCUT2D eigenvalue weighted by atomic mass is 32.2. The van der Waals surface area contributed by atoms with Gasteiger partial charge in [0.1, 0.15) is 5.82 Å². The number of hydrogen-bond acceptors (Lipinski definition) is 7. The second-order valence-corrected chi connectivity index (χ2v) is 9.59. The van der Waals surface area contributed by atoms with E-state index in [0.29, 0.717) is 5.92 Å². The van der Waals surface area contributed by atoms with E-state index in [4.69, 9.17) is 19.8 Å². The quantitative estimate of drug-likeness (QED) is 0.276. The average molecular weight is 475 g/mol. The van der Waals surface area contributed by atoms with Crippen LogP contribution in [0.25, 0.3) is 11.0 Å². The molecule has 3 heterocycles. The molecular weight excluding hydrogens is 444 g/mol. The van der Waals surface area contributed by atoms with Crippen molar-refractivity contribution in [3.8, 4) is 0 Å². The molecule has 0 spiro atoms. The minimum atomic E-state index is 0.322. The third-order valence-electron chi connectivity index (χ3n) is 6.07. The summed E-state index contributed by atoms with van der Waals surface area (Å²) in [5.41, 5.74) is 3.16. The van der Waals surface area contributed by atoms with Gasteiger partial charge in [-0.25, -0.2) is 14.6 Å². The number of fused-ring (bicyclic) bond motifs is 1. The van der Waals surface area contributed by atoms with Crippen LogP contribution in [0.15, 0.2) is 72.0 Å². The number of nitrogens with zero attached hydrogens (tertiary/aromatic N) is 5. The maximum absolute atomic E-state index is 5.46. The summed E-state index contributed by atoms with van der Waals surface area (Å²) in [6.07, 6.45) is 1.88. The molecule has 1 N–H and O–H groups in total. The Morgan fingerprint density at radius 1 is 1.00 bits per heavy atom. The van der Waals surface area contributed by atoms with Crippen LogP contribution in [0.4, 0.5) is 11.5 Å². The zero-order valence-corrected chi connectivity index (χ0v) is 20.2. The molecule has 8 heteroatoms. The van der Waals surface area contributed by atoms with Gasteiger partial charge in [0.25, 0.3) is 0 Å². The number of para-hydroxylation sites is 1. The monoisotopic (exact) mass is 474 g/mol. The maximum atomic E-state index is 5.46. The number of anilines is 2. The molecule has 5 rings (SSSR count). The fourth-order valence-corrected chi connectivity index (χ4v) is 4.96. The van der Waals surface area contributed by atoms with Gasteiger partial charge in [0.2, 0.25) is 0 Å². The summed E-state index contributed by atoms with van der Waals surface area (Å²) in [7, 11) is 0. The van der Waals surface area contributed by atoms with E-state index in [1.807, 2.05) is 41.2 Å². The largest absolute Gasteiger partial charge is 0.379 e. The lowest BCUT2D eigenvalue weighted by Gasteiger charge is -2.26. The molecule has 0 aliphatic carbocycles. The molecular formula is C26H30N6OS. The van der Waals surface area contributed by atoms with E-state index in [2.05, 4.69) is 47.5 Å². The lowest BCUT2D eigenvalue weighted by atomic mass is 10.0. The van der Waals surface area contributed by atoms with Gasteiger partial charge >= 0.3 is 0 Å². The minimum absolute atomic E-state index is 0.322. The zero-order valence-electron chi connectivity index (χ0n) is 19.4. The smallest absolute Gasteiger partial charge is 0.191 e. The molecule has 7 nitrogen and oxygen atoms in total. The number of benzene rings is 2. The van der Waals surface area contributed by atoms with E-state index in [1.165, 1.54) is 5.56 Å². The minimum Gasteiger partial charge on any atom is -0.379 e. The Morgan fingerprint density at radius 2 is 1.74 bits per heavy atom. The van der Waals surface area contributed by atoms with Gasteiger partial charge in [0, 0.05) is 43.5 Å². The molecule has 2 aromatic heterocycles. The standard InChI is InChI=1S/C26H30N6OS/c1-20(21-8-4-2-5-9-21)19-32-25-23(18-27-32)24(28-22-10-6-3-7-11-22)29-26(30-25)34-17-14-31-12-15-33-16-13-31/h2-11,18,20H,12-17,19H2,1H3,(H,28,29,30). The normalized spacial score (nSPS) is 15.4. The van der Waals surface area contributed by atoms with Gasteiger partial charge in [0.15, 0.2) is 10.8 Å². The second kappa shape index (κ2) is 11.0. The summed E-state index contributed by atoms with van der Waals surface area (Å²) < 4.78 is 7.47. The number of hydrogen-bond donors (Lipinski definition) is 1. The second-order valence-electron chi connectivity index (χ2n) is 8.52. The first-order valence-corrected chi connectivity index (χ1v) is 12.8. The summed E-state index contributed by atoms with van der Waals surface area (Å²) in [4.78, 5) is 12.2. The van der Waals surface area contributed by atoms with Crippen molar-refractivity contribution in [2.45, 2.75) is 24.5 Å².